The van der Waals surface area contributed by atoms with E-state index in [1.165, 1.54) is 0 Å². The zero-order chi connectivity index (χ0) is 12.1. The molecule has 0 saturated heterocycles. The summed E-state index contributed by atoms with van der Waals surface area (Å²) in [5.74, 6) is 0.593. The van der Waals surface area contributed by atoms with Crippen LogP contribution in [-0.2, 0) is 0 Å². The van der Waals surface area contributed by atoms with Crippen molar-refractivity contribution >= 4 is 21.6 Å². The van der Waals surface area contributed by atoms with E-state index < -0.39 is 0 Å². The van der Waals surface area contributed by atoms with Crippen molar-refractivity contribution in [1.29, 1.82) is 5.26 Å². The first-order valence-corrected chi connectivity index (χ1v) is 6.34. The number of benzene rings is 1. The van der Waals surface area contributed by atoms with E-state index in [0.717, 1.165) is 16.6 Å². The van der Waals surface area contributed by atoms with Crippen molar-refractivity contribution in [3.8, 4) is 6.07 Å². The van der Waals surface area contributed by atoms with Crippen molar-refractivity contribution in [2.24, 2.45) is 5.92 Å². The number of hydrogen-bond acceptors (Lipinski definition) is 2. The highest BCUT2D eigenvalue weighted by molar-refractivity contribution is 9.10. The molecular weight excluding hydrogens is 264 g/mol. The van der Waals surface area contributed by atoms with Gasteiger partial charge in [-0.3, -0.25) is 0 Å². The predicted molar refractivity (Wildman–Crippen MR) is 71.4 cm³/mol. The molecule has 2 atom stereocenters. The fraction of sp³-hybridized carbons (Fsp3) is 0.462. The Morgan fingerprint density at radius 1 is 1.44 bits per heavy atom. The minimum absolute atomic E-state index is 0.373. The van der Waals surface area contributed by atoms with Crippen LogP contribution in [0, 0.1) is 17.2 Å². The van der Waals surface area contributed by atoms with E-state index in [9.17, 15) is 0 Å². The Labute approximate surface area is 106 Å². The zero-order valence-corrected chi connectivity index (χ0v) is 11.5. The van der Waals surface area contributed by atoms with Gasteiger partial charge in [0.25, 0.3) is 0 Å². The molecule has 0 radical (unpaired) electrons. The summed E-state index contributed by atoms with van der Waals surface area (Å²) in [4.78, 5) is 0. The van der Waals surface area contributed by atoms with Crippen molar-refractivity contribution in [2.45, 2.75) is 33.2 Å². The van der Waals surface area contributed by atoms with Crippen molar-refractivity contribution < 1.29 is 0 Å². The fourth-order valence-corrected chi connectivity index (χ4v) is 1.84. The summed E-state index contributed by atoms with van der Waals surface area (Å²) < 4.78 is 0.936. The molecule has 0 heterocycles. The van der Waals surface area contributed by atoms with Crippen LogP contribution in [0.25, 0.3) is 0 Å². The van der Waals surface area contributed by atoms with Gasteiger partial charge in [-0.25, -0.2) is 0 Å². The molecule has 3 heteroatoms. The summed E-state index contributed by atoms with van der Waals surface area (Å²) >= 11 is 3.37. The van der Waals surface area contributed by atoms with Gasteiger partial charge < -0.3 is 5.32 Å². The Hall–Kier alpha value is -1.01. The number of rotatable bonds is 4. The highest BCUT2D eigenvalue weighted by Crippen LogP contribution is 2.22. The van der Waals surface area contributed by atoms with Gasteiger partial charge in [0, 0.05) is 10.5 Å². The smallest absolute Gasteiger partial charge is 0.101 e. The van der Waals surface area contributed by atoms with E-state index in [2.05, 4.69) is 48.1 Å². The first-order chi connectivity index (χ1) is 7.58. The lowest BCUT2D eigenvalue weighted by atomic mass is 10.0. The monoisotopic (exact) mass is 280 g/mol. The van der Waals surface area contributed by atoms with Crippen LogP contribution in [0.15, 0.2) is 22.7 Å². The number of anilines is 1. The molecule has 0 spiro atoms. The summed E-state index contributed by atoms with van der Waals surface area (Å²) in [7, 11) is 0. The van der Waals surface area contributed by atoms with Crippen LogP contribution < -0.4 is 5.32 Å². The lowest BCUT2D eigenvalue weighted by Gasteiger charge is -2.21. The second-order valence-electron chi connectivity index (χ2n) is 4.12. The second-order valence-corrected chi connectivity index (χ2v) is 5.04. The standard InChI is InChI=1S/C13H17BrN2/c1-4-9(2)10(3)16-13-6-5-12(14)7-11(13)8-15/h5-7,9-10,16H,4H2,1-3H3. The van der Waals surface area contributed by atoms with E-state index >= 15 is 0 Å². The highest BCUT2D eigenvalue weighted by atomic mass is 79.9. The van der Waals surface area contributed by atoms with E-state index in [1.807, 2.05) is 18.2 Å². The van der Waals surface area contributed by atoms with E-state index in [4.69, 9.17) is 5.26 Å². The van der Waals surface area contributed by atoms with Crippen LogP contribution >= 0.6 is 15.9 Å². The summed E-state index contributed by atoms with van der Waals surface area (Å²) in [6.07, 6.45) is 1.13. The van der Waals surface area contributed by atoms with Crippen LogP contribution in [0.2, 0.25) is 0 Å². The predicted octanol–water partition coefficient (Wildman–Crippen LogP) is 4.17. The lowest BCUT2D eigenvalue weighted by molar-refractivity contribution is 0.494. The van der Waals surface area contributed by atoms with Crippen LogP contribution in [0.5, 0.6) is 0 Å². The third-order valence-electron chi connectivity index (χ3n) is 2.98. The molecule has 0 fully saturated rings. The Bertz CT molecular complexity index is 395. The molecule has 1 aromatic rings. The number of nitriles is 1. The minimum Gasteiger partial charge on any atom is -0.381 e. The second kappa shape index (κ2) is 5.91. The van der Waals surface area contributed by atoms with Crippen LogP contribution in [0.3, 0.4) is 0 Å². The van der Waals surface area contributed by atoms with Crippen molar-refractivity contribution in [3.05, 3.63) is 28.2 Å². The third kappa shape index (κ3) is 3.24. The lowest BCUT2D eigenvalue weighted by Crippen LogP contribution is -2.23. The molecule has 0 bridgehead atoms. The molecule has 86 valence electrons. The van der Waals surface area contributed by atoms with Gasteiger partial charge in [0.15, 0.2) is 0 Å². The van der Waals surface area contributed by atoms with Gasteiger partial charge in [-0.1, -0.05) is 36.2 Å². The van der Waals surface area contributed by atoms with Gasteiger partial charge in [-0.15, -0.1) is 0 Å². The quantitative estimate of drug-likeness (QED) is 0.899. The SMILES string of the molecule is CCC(C)C(C)Nc1ccc(Br)cc1C#N. The van der Waals surface area contributed by atoms with E-state index in [0.29, 0.717) is 17.5 Å². The van der Waals surface area contributed by atoms with Crippen LogP contribution in [0.1, 0.15) is 32.8 Å². The molecule has 16 heavy (non-hydrogen) atoms. The van der Waals surface area contributed by atoms with Crippen LogP contribution in [-0.4, -0.2) is 6.04 Å². The van der Waals surface area contributed by atoms with Gasteiger partial charge in [0.1, 0.15) is 6.07 Å². The average molecular weight is 281 g/mol. The van der Waals surface area contributed by atoms with Crippen molar-refractivity contribution in [1.82, 2.24) is 0 Å². The van der Waals surface area contributed by atoms with Gasteiger partial charge >= 0.3 is 0 Å². The maximum Gasteiger partial charge on any atom is 0.101 e. The molecule has 2 unspecified atom stereocenters. The van der Waals surface area contributed by atoms with E-state index in [1.54, 1.807) is 0 Å². The summed E-state index contributed by atoms with van der Waals surface area (Å²) in [5.41, 5.74) is 1.60. The van der Waals surface area contributed by atoms with E-state index in [-0.39, 0.29) is 0 Å². The molecular formula is C13H17BrN2. The molecule has 0 aliphatic heterocycles. The first-order valence-electron chi connectivity index (χ1n) is 5.54. The number of hydrogen-bond donors (Lipinski definition) is 1. The maximum atomic E-state index is 9.04. The molecule has 0 aromatic heterocycles. The fourth-order valence-electron chi connectivity index (χ4n) is 1.48. The number of halogens is 1. The van der Waals surface area contributed by atoms with Crippen LogP contribution in [0.4, 0.5) is 5.69 Å². The zero-order valence-electron chi connectivity index (χ0n) is 9.92. The van der Waals surface area contributed by atoms with Gasteiger partial charge in [0.05, 0.1) is 11.3 Å². The Morgan fingerprint density at radius 3 is 2.69 bits per heavy atom. The number of nitrogens with one attached hydrogen (secondary N) is 1. The molecule has 0 aliphatic carbocycles. The molecule has 0 aliphatic rings. The Kier molecular flexibility index (Phi) is 4.82. The highest BCUT2D eigenvalue weighted by Gasteiger charge is 2.11. The van der Waals surface area contributed by atoms with Crippen molar-refractivity contribution in [3.63, 3.8) is 0 Å². The molecule has 2 nitrogen and oxygen atoms in total. The maximum absolute atomic E-state index is 9.04. The van der Waals surface area contributed by atoms with Gasteiger partial charge in [-0.05, 0) is 31.0 Å². The Balaban J connectivity index is 2.85. The average Bonchev–Trinajstić information content (AvgIpc) is 2.30. The topological polar surface area (TPSA) is 35.8 Å². The molecule has 1 aromatic carbocycles. The van der Waals surface area contributed by atoms with Gasteiger partial charge in [-0.2, -0.15) is 5.26 Å². The Morgan fingerprint density at radius 2 is 2.12 bits per heavy atom. The largest absolute Gasteiger partial charge is 0.381 e. The summed E-state index contributed by atoms with van der Waals surface area (Å²) in [6, 6.07) is 8.32. The van der Waals surface area contributed by atoms with Crippen molar-refractivity contribution in [2.75, 3.05) is 5.32 Å². The summed E-state index contributed by atoms with van der Waals surface area (Å²) in [6.45, 7) is 6.54. The van der Waals surface area contributed by atoms with Gasteiger partial charge in [0.2, 0.25) is 0 Å². The molecule has 0 saturated carbocycles. The first kappa shape index (κ1) is 13.1. The third-order valence-corrected chi connectivity index (χ3v) is 3.48. The molecule has 1 rings (SSSR count). The summed E-state index contributed by atoms with van der Waals surface area (Å²) in [5, 5.41) is 12.4. The molecule has 1 N–H and O–H groups in total. The number of nitrogens with zero attached hydrogens (tertiary/aromatic N) is 1. The minimum atomic E-state index is 0.373. The molecule has 0 amide bonds. The normalized spacial score (nSPS) is 13.9.